The predicted molar refractivity (Wildman–Crippen MR) is 83.2 cm³/mol. The highest BCUT2D eigenvalue weighted by Crippen LogP contribution is 2.14. The van der Waals surface area contributed by atoms with Crippen molar-refractivity contribution >= 4 is 15.9 Å². The minimum atomic E-state index is -3.53. The first-order valence-electron chi connectivity index (χ1n) is 7.43. The highest BCUT2D eigenvalue weighted by molar-refractivity contribution is 7.89. The average Bonchev–Trinajstić information content (AvgIpc) is 2.54. The Balaban J connectivity index is 2.11. The van der Waals surface area contributed by atoms with Crippen molar-refractivity contribution in [2.45, 2.75) is 31.2 Å². The van der Waals surface area contributed by atoms with E-state index in [2.05, 4.69) is 4.72 Å². The Hall–Kier alpha value is -1.44. The predicted octanol–water partition coefficient (Wildman–Crippen LogP) is 1.24. The van der Waals surface area contributed by atoms with Gasteiger partial charge in [0.2, 0.25) is 10.0 Å². The topological polar surface area (TPSA) is 75.7 Å². The van der Waals surface area contributed by atoms with Crippen molar-refractivity contribution in [1.82, 2.24) is 9.62 Å². The molecule has 1 saturated heterocycles. The summed E-state index contributed by atoms with van der Waals surface area (Å²) < 4.78 is 32.1. The van der Waals surface area contributed by atoms with Gasteiger partial charge in [0, 0.05) is 24.7 Å². The van der Waals surface area contributed by atoms with Crippen molar-refractivity contribution in [1.29, 1.82) is 0 Å². The SMILES string of the molecule is CC[C@H](C)NS(=O)(=O)c1ccc(C(=O)N2CCOCC2)cc1. The van der Waals surface area contributed by atoms with E-state index in [0.29, 0.717) is 38.3 Å². The molecular formula is C15H22N2O4S. The fraction of sp³-hybridized carbons (Fsp3) is 0.533. The van der Waals surface area contributed by atoms with Gasteiger partial charge in [-0.1, -0.05) is 6.92 Å². The molecule has 6 nitrogen and oxygen atoms in total. The summed E-state index contributed by atoms with van der Waals surface area (Å²) in [6, 6.07) is 5.93. The third-order valence-electron chi connectivity index (χ3n) is 3.68. The molecule has 7 heteroatoms. The Morgan fingerprint density at radius 3 is 2.41 bits per heavy atom. The number of carbonyl (C=O) groups is 1. The van der Waals surface area contributed by atoms with Gasteiger partial charge in [-0.25, -0.2) is 13.1 Å². The van der Waals surface area contributed by atoms with Crippen molar-refractivity contribution in [3.8, 4) is 0 Å². The number of carbonyl (C=O) groups excluding carboxylic acids is 1. The standard InChI is InChI=1S/C15H22N2O4S/c1-3-12(2)16-22(19,20)14-6-4-13(5-7-14)15(18)17-8-10-21-11-9-17/h4-7,12,16H,3,8-11H2,1-2H3/t12-/m0/s1. The van der Waals surface area contributed by atoms with Crippen LogP contribution in [0.25, 0.3) is 0 Å². The van der Waals surface area contributed by atoms with Crippen LogP contribution in [0.4, 0.5) is 0 Å². The first-order valence-corrected chi connectivity index (χ1v) is 8.92. The van der Waals surface area contributed by atoms with E-state index < -0.39 is 10.0 Å². The zero-order valence-corrected chi connectivity index (χ0v) is 13.7. The van der Waals surface area contributed by atoms with Crippen molar-refractivity contribution in [2.24, 2.45) is 0 Å². The molecule has 1 aliphatic heterocycles. The number of hydrogen-bond acceptors (Lipinski definition) is 4. The number of morpholine rings is 1. The van der Waals surface area contributed by atoms with E-state index in [0.717, 1.165) is 0 Å². The molecule has 0 spiro atoms. The number of sulfonamides is 1. The Morgan fingerprint density at radius 1 is 1.27 bits per heavy atom. The van der Waals surface area contributed by atoms with Crippen LogP contribution in [0.1, 0.15) is 30.6 Å². The zero-order chi connectivity index (χ0) is 16.2. The molecule has 1 amide bonds. The summed E-state index contributed by atoms with van der Waals surface area (Å²) in [4.78, 5) is 14.2. The third-order valence-corrected chi connectivity index (χ3v) is 5.28. The molecule has 2 rings (SSSR count). The van der Waals surface area contributed by atoms with E-state index in [4.69, 9.17) is 4.74 Å². The molecule has 0 unspecified atom stereocenters. The molecule has 1 aliphatic rings. The Kier molecular flexibility index (Phi) is 5.55. The molecule has 1 aromatic carbocycles. The second-order valence-electron chi connectivity index (χ2n) is 5.36. The van der Waals surface area contributed by atoms with Crippen molar-refractivity contribution in [3.05, 3.63) is 29.8 Å². The maximum Gasteiger partial charge on any atom is 0.254 e. The van der Waals surface area contributed by atoms with E-state index in [1.807, 2.05) is 13.8 Å². The van der Waals surface area contributed by atoms with Gasteiger partial charge in [0.15, 0.2) is 0 Å². The molecule has 0 saturated carbocycles. The monoisotopic (exact) mass is 326 g/mol. The van der Waals surface area contributed by atoms with Gasteiger partial charge < -0.3 is 9.64 Å². The maximum atomic E-state index is 12.3. The van der Waals surface area contributed by atoms with Gasteiger partial charge in [-0.3, -0.25) is 4.79 Å². The lowest BCUT2D eigenvalue weighted by molar-refractivity contribution is 0.0303. The van der Waals surface area contributed by atoms with Crippen LogP contribution in [0, 0.1) is 0 Å². The number of rotatable bonds is 5. The molecule has 1 fully saturated rings. The van der Waals surface area contributed by atoms with Crippen molar-refractivity contribution in [2.75, 3.05) is 26.3 Å². The quantitative estimate of drug-likeness (QED) is 0.883. The molecule has 1 N–H and O–H groups in total. The Morgan fingerprint density at radius 2 is 1.86 bits per heavy atom. The van der Waals surface area contributed by atoms with E-state index in [1.165, 1.54) is 12.1 Å². The largest absolute Gasteiger partial charge is 0.378 e. The average molecular weight is 326 g/mol. The second-order valence-corrected chi connectivity index (χ2v) is 7.07. The van der Waals surface area contributed by atoms with Crippen LogP contribution in [0.3, 0.4) is 0 Å². The molecule has 1 heterocycles. The van der Waals surface area contributed by atoms with Gasteiger partial charge >= 0.3 is 0 Å². The minimum absolute atomic E-state index is 0.0952. The summed E-state index contributed by atoms with van der Waals surface area (Å²) in [5.41, 5.74) is 0.490. The normalized spacial score (nSPS) is 17.3. The minimum Gasteiger partial charge on any atom is -0.378 e. The zero-order valence-electron chi connectivity index (χ0n) is 12.9. The highest BCUT2D eigenvalue weighted by atomic mass is 32.2. The summed E-state index contributed by atoms with van der Waals surface area (Å²) in [6.07, 6.45) is 0.715. The first-order chi connectivity index (χ1) is 10.4. The van der Waals surface area contributed by atoms with E-state index in [-0.39, 0.29) is 16.8 Å². The molecule has 22 heavy (non-hydrogen) atoms. The molecular weight excluding hydrogens is 304 g/mol. The lowest BCUT2D eigenvalue weighted by Crippen LogP contribution is -2.40. The Labute approximate surface area is 131 Å². The van der Waals surface area contributed by atoms with Crippen LogP contribution in [-0.4, -0.2) is 51.6 Å². The number of hydrogen-bond donors (Lipinski definition) is 1. The van der Waals surface area contributed by atoms with E-state index in [1.54, 1.807) is 17.0 Å². The van der Waals surface area contributed by atoms with Crippen LogP contribution in [-0.2, 0) is 14.8 Å². The Bertz CT molecular complexity index is 607. The fourth-order valence-electron chi connectivity index (χ4n) is 2.14. The lowest BCUT2D eigenvalue weighted by Gasteiger charge is -2.26. The second kappa shape index (κ2) is 7.21. The smallest absolute Gasteiger partial charge is 0.254 e. The summed E-state index contributed by atoms with van der Waals surface area (Å²) in [5, 5.41) is 0. The van der Waals surface area contributed by atoms with Crippen molar-refractivity contribution in [3.63, 3.8) is 0 Å². The molecule has 0 bridgehead atoms. The maximum absolute atomic E-state index is 12.3. The molecule has 0 aromatic heterocycles. The van der Waals surface area contributed by atoms with E-state index >= 15 is 0 Å². The summed E-state index contributed by atoms with van der Waals surface area (Å²) in [7, 11) is -3.53. The van der Waals surface area contributed by atoms with Gasteiger partial charge in [-0.2, -0.15) is 0 Å². The van der Waals surface area contributed by atoms with Crippen LogP contribution < -0.4 is 4.72 Å². The summed E-state index contributed by atoms with van der Waals surface area (Å²) in [6.45, 7) is 5.93. The van der Waals surface area contributed by atoms with Gasteiger partial charge in [0.25, 0.3) is 5.91 Å². The van der Waals surface area contributed by atoms with Crippen LogP contribution >= 0.6 is 0 Å². The number of ether oxygens (including phenoxy) is 1. The number of amides is 1. The summed E-state index contributed by atoms with van der Waals surface area (Å²) in [5.74, 6) is -0.0952. The van der Waals surface area contributed by atoms with Gasteiger partial charge in [-0.15, -0.1) is 0 Å². The first kappa shape index (κ1) is 16.9. The molecule has 0 aliphatic carbocycles. The van der Waals surface area contributed by atoms with Crippen LogP contribution in [0.5, 0.6) is 0 Å². The fourth-order valence-corrected chi connectivity index (χ4v) is 3.47. The van der Waals surface area contributed by atoms with Gasteiger partial charge in [0.05, 0.1) is 18.1 Å². The molecule has 1 aromatic rings. The van der Waals surface area contributed by atoms with Crippen molar-refractivity contribution < 1.29 is 17.9 Å². The van der Waals surface area contributed by atoms with E-state index in [9.17, 15) is 13.2 Å². The number of nitrogens with zero attached hydrogens (tertiary/aromatic N) is 1. The van der Waals surface area contributed by atoms with Crippen LogP contribution in [0.2, 0.25) is 0 Å². The number of nitrogens with one attached hydrogen (secondary N) is 1. The van der Waals surface area contributed by atoms with Crippen LogP contribution in [0.15, 0.2) is 29.2 Å². The third kappa shape index (κ3) is 4.06. The van der Waals surface area contributed by atoms with Gasteiger partial charge in [-0.05, 0) is 37.6 Å². The molecule has 0 radical (unpaired) electrons. The molecule has 122 valence electrons. The lowest BCUT2D eigenvalue weighted by atomic mass is 10.2. The molecule has 1 atom stereocenters. The number of benzene rings is 1. The van der Waals surface area contributed by atoms with Gasteiger partial charge in [0.1, 0.15) is 0 Å². The summed E-state index contributed by atoms with van der Waals surface area (Å²) >= 11 is 0. The highest BCUT2D eigenvalue weighted by Gasteiger charge is 2.20.